The van der Waals surface area contributed by atoms with Crippen LogP contribution in [-0.2, 0) is 4.74 Å². The van der Waals surface area contributed by atoms with E-state index in [4.69, 9.17) is 10.5 Å². The SMILES string of the molecule is CCOC(C(N)CC1CCC1)C1CCCCC1. The molecule has 0 heterocycles. The van der Waals surface area contributed by atoms with Crippen LogP contribution in [0.4, 0.5) is 0 Å². The second kappa shape index (κ2) is 6.75. The third-order valence-corrected chi connectivity index (χ3v) is 4.73. The molecule has 0 aromatic rings. The predicted octanol–water partition coefficient (Wildman–Crippen LogP) is 3.49. The molecule has 100 valence electrons. The first kappa shape index (κ1) is 13.4. The van der Waals surface area contributed by atoms with E-state index in [2.05, 4.69) is 6.92 Å². The van der Waals surface area contributed by atoms with E-state index in [1.807, 2.05) is 0 Å². The standard InChI is InChI=1S/C15H29NO/c1-2-17-15(13-9-4-3-5-10-13)14(16)11-12-7-6-8-12/h12-15H,2-11,16H2,1H3. The summed E-state index contributed by atoms with van der Waals surface area (Å²) in [5.74, 6) is 1.63. The van der Waals surface area contributed by atoms with Gasteiger partial charge in [0, 0.05) is 12.6 Å². The Hall–Kier alpha value is -0.0800. The first-order valence-electron chi connectivity index (χ1n) is 7.68. The molecule has 2 saturated carbocycles. The van der Waals surface area contributed by atoms with E-state index in [0.717, 1.165) is 18.4 Å². The van der Waals surface area contributed by atoms with Crippen LogP contribution in [-0.4, -0.2) is 18.8 Å². The van der Waals surface area contributed by atoms with Gasteiger partial charge in [0.1, 0.15) is 0 Å². The van der Waals surface area contributed by atoms with Crippen LogP contribution in [0.5, 0.6) is 0 Å². The Bertz CT molecular complexity index is 209. The smallest absolute Gasteiger partial charge is 0.0753 e. The summed E-state index contributed by atoms with van der Waals surface area (Å²) in [6.45, 7) is 2.92. The van der Waals surface area contributed by atoms with Crippen LogP contribution in [0.25, 0.3) is 0 Å². The fraction of sp³-hybridized carbons (Fsp3) is 1.00. The van der Waals surface area contributed by atoms with E-state index >= 15 is 0 Å². The highest BCUT2D eigenvalue weighted by Gasteiger charge is 2.31. The summed E-state index contributed by atoms with van der Waals surface area (Å²) in [4.78, 5) is 0. The molecule has 2 aliphatic carbocycles. The first-order chi connectivity index (χ1) is 8.31. The monoisotopic (exact) mass is 239 g/mol. The number of hydrogen-bond donors (Lipinski definition) is 1. The zero-order chi connectivity index (χ0) is 12.1. The zero-order valence-electron chi connectivity index (χ0n) is 11.4. The Morgan fingerprint density at radius 2 is 1.76 bits per heavy atom. The summed E-state index contributed by atoms with van der Waals surface area (Å²) in [5.41, 5.74) is 6.42. The van der Waals surface area contributed by atoms with Crippen molar-refractivity contribution in [2.24, 2.45) is 17.6 Å². The van der Waals surface area contributed by atoms with E-state index in [1.165, 1.54) is 57.8 Å². The average Bonchev–Trinajstić information content (AvgIpc) is 2.31. The second-order valence-electron chi connectivity index (χ2n) is 6.01. The Balaban J connectivity index is 1.84. The summed E-state index contributed by atoms with van der Waals surface area (Å²) < 4.78 is 5.99. The largest absolute Gasteiger partial charge is 0.377 e. The normalized spacial score (nSPS) is 26.5. The maximum atomic E-state index is 6.42. The van der Waals surface area contributed by atoms with Gasteiger partial charge in [0.15, 0.2) is 0 Å². The average molecular weight is 239 g/mol. The second-order valence-corrected chi connectivity index (χ2v) is 6.01. The molecule has 0 amide bonds. The Morgan fingerprint density at radius 3 is 2.29 bits per heavy atom. The van der Waals surface area contributed by atoms with Gasteiger partial charge in [-0.1, -0.05) is 38.5 Å². The molecule has 2 atom stereocenters. The summed E-state index contributed by atoms with van der Waals surface area (Å²) in [6.07, 6.45) is 12.6. The molecule has 2 fully saturated rings. The van der Waals surface area contributed by atoms with Gasteiger partial charge in [-0.3, -0.25) is 0 Å². The molecule has 0 aromatic carbocycles. The highest BCUT2D eigenvalue weighted by Crippen LogP contribution is 2.34. The van der Waals surface area contributed by atoms with Crippen molar-refractivity contribution in [2.75, 3.05) is 6.61 Å². The lowest BCUT2D eigenvalue weighted by atomic mass is 9.76. The minimum absolute atomic E-state index is 0.281. The van der Waals surface area contributed by atoms with Crippen molar-refractivity contribution >= 4 is 0 Å². The quantitative estimate of drug-likeness (QED) is 0.770. The maximum absolute atomic E-state index is 6.42. The van der Waals surface area contributed by atoms with Crippen molar-refractivity contribution in [3.8, 4) is 0 Å². The lowest BCUT2D eigenvalue weighted by Crippen LogP contribution is -2.44. The van der Waals surface area contributed by atoms with Gasteiger partial charge in [0.25, 0.3) is 0 Å². The van der Waals surface area contributed by atoms with Crippen LogP contribution in [0.2, 0.25) is 0 Å². The van der Waals surface area contributed by atoms with E-state index in [9.17, 15) is 0 Å². The lowest BCUT2D eigenvalue weighted by molar-refractivity contribution is -0.0163. The van der Waals surface area contributed by atoms with Crippen LogP contribution >= 0.6 is 0 Å². The molecule has 0 spiro atoms. The van der Waals surface area contributed by atoms with Crippen molar-refractivity contribution in [1.29, 1.82) is 0 Å². The Morgan fingerprint density at radius 1 is 1.06 bits per heavy atom. The van der Waals surface area contributed by atoms with Gasteiger partial charge < -0.3 is 10.5 Å². The van der Waals surface area contributed by atoms with Crippen molar-refractivity contribution in [3.63, 3.8) is 0 Å². The van der Waals surface area contributed by atoms with Gasteiger partial charge in [0.05, 0.1) is 6.10 Å². The van der Waals surface area contributed by atoms with Crippen LogP contribution in [0.1, 0.15) is 64.7 Å². The maximum Gasteiger partial charge on any atom is 0.0753 e. The van der Waals surface area contributed by atoms with Gasteiger partial charge in [0.2, 0.25) is 0 Å². The van der Waals surface area contributed by atoms with Crippen LogP contribution in [0.15, 0.2) is 0 Å². The fourth-order valence-corrected chi connectivity index (χ4v) is 3.51. The van der Waals surface area contributed by atoms with E-state index in [-0.39, 0.29) is 6.04 Å². The number of hydrogen-bond acceptors (Lipinski definition) is 2. The molecule has 2 heteroatoms. The highest BCUT2D eigenvalue weighted by molar-refractivity contribution is 4.86. The number of ether oxygens (including phenoxy) is 1. The fourth-order valence-electron chi connectivity index (χ4n) is 3.51. The third-order valence-electron chi connectivity index (χ3n) is 4.73. The van der Waals surface area contributed by atoms with Gasteiger partial charge in [-0.15, -0.1) is 0 Å². The minimum Gasteiger partial charge on any atom is -0.377 e. The molecular formula is C15H29NO. The van der Waals surface area contributed by atoms with E-state index in [1.54, 1.807) is 0 Å². The number of nitrogens with two attached hydrogens (primary N) is 1. The molecule has 2 nitrogen and oxygen atoms in total. The summed E-state index contributed by atoms with van der Waals surface area (Å²) in [6, 6.07) is 0.281. The molecule has 0 bridgehead atoms. The van der Waals surface area contributed by atoms with Crippen LogP contribution in [0, 0.1) is 11.8 Å². The molecule has 2 aliphatic rings. The van der Waals surface area contributed by atoms with Gasteiger partial charge in [-0.2, -0.15) is 0 Å². The van der Waals surface area contributed by atoms with Gasteiger partial charge in [-0.05, 0) is 38.0 Å². The number of rotatable bonds is 6. The van der Waals surface area contributed by atoms with E-state index < -0.39 is 0 Å². The molecule has 17 heavy (non-hydrogen) atoms. The highest BCUT2D eigenvalue weighted by atomic mass is 16.5. The van der Waals surface area contributed by atoms with Crippen molar-refractivity contribution < 1.29 is 4.74 Å². The third kappa shape index (κ3) is 3.69. The zero-order valence-corrected chi connectivity index (χ0v) is 11.4. The Kier molecular flexibility index (Phi) is 5.30. The molecular weight excluding hydrogens is 210 g/mol. The molecule has 0 saturated heterocycles. The van der Waals surface area contributed by atoms with Crippen molar-refractivity contribution in [3.05, 3.63) is 0 Å². The molecule has 2 rings (SSSR count). The minimum atomic E-state index is 0.281. The molecule has 2 unspecified atom stereocenters. The summed E-state index contributed by atoms with van der Waals surface area (Å²) >= 11 is 0. The molecule has 0 radical (unpaired) electrons. The van der Waals surface area contributed by atoms with Crippen LogP contribution in [0.3, 0.4) is 0 Å². The molecule has 0 aliphatic heterocycles. The summed E-state index contributed by atoms with van der Waals surface area (Å²) in [7, 11) is 0. The van der Waals surface area contributed by atoms with E-state index in [0.29, 0.717) is 6.10 Å². The predicted molar refractivity (Wildman–Crippen MR) is 71.9 cm³/mol. The Labute approximate surface area is 106 Å². The van der Waals surface area contributed by atoms with Gasteiger partial charge in [-0.25, -0.2) is 0 Å². The topological polar surface area (TPSA) is 35.2 Å². The van der Waals surface area contributed by atoms with Crippen molar-refractivity contribution in [2.45, 2.75) is 76.9 Å². The molecule has 2 N–H and O–H groups in total. The van der Waals surface area contributed by atoms with Crippen LogP contribution < -0.4 is 5.73 Å². The van der Waals surface area contributed by atoms with Gasteiger partial charge >= 0.3 is 0 Å². The lowest BCUT2D eigenvalue weighted by Gasteiger charge is -2.37. The first-order valence-corrected chi connectivity index (χ1v) is 7.68. The van der Waals surface area contributed by atoms with Crippen molar-refractivity contribution in [1.82, 2.24) is 0 Å². The molecule has 0 aromatic heterocycles. The summed E-state index contributed by atoms with van der Waals surface area (Å²) in [5, 5.41) is 0.